The molecule has 0 aromatic heterocycles. The summed E-state index contributed by atoms with van der Waals surface area (Å²) >= 11 is 0. The number of hydrogen-bond acceptors (Lipinski definition) is 4. The van der Waals surface area contributed by atoms with Crippen molar-refractivity contribution in [3.8, 4) is 0 Å². The first-order valence-corrected chi connectivity index (χ1v) is 6.89. The van der Waals surface area contributed by atoms with E-state index in [0.29, 0.717) is 12.1 Å². The van der Waals surface area contributed by atoms with Gasteiger partial charge in [0.15, 0.2) is 5.69 Å². The molecule has 19 heavy (non-hydrogen) atoms. The number of quaternary nitrogens is 1. The summed E-state index contributed by atoms with van der Waals surface area (Å²) in [4.78, 5) is 9.92. The van der Waals surface area contributed by atoms with E-state index in [2.05, 4.69) is 34.1 Å². The van der Waals surface area contributed by atoms with Gasteiger partial charge in [0, 0.05) is 49.5 Å². The summed E-state index contributed by atoms with van der Waals surface area (Å²) in [7, 11) is 1.67. The molecule has 2 heterocycles. The number of piperazine rings is 1. The van der Waals surface area contributed by atoms with Gasteiger partial charge in [0.2, 0.25) is 0 Å². The normalized spacial score (nSPS) is 26.3. The fourth-order valence-corrected chi connectivity index (χ4v) is 3.35. The summed E-state index contributed by atoms with van der Waals surface area (Å²) in [5, 5.41) is 9.05. The fraction of sp³-hybridized carbons (Fsp3) is 0.571. The lowest BCUT2D eigenvalue weighted by molar-refractivity contribution is -0.830. The van der Waals surface area contributed by atoms with Gasteiger partial charge in [-0.15, -0.1) is 0 Å². The molecule has 1 aromatic carbocycles. The van der Waals surface area contributed by atoms with E-state index in [1.807, 2.05) is 0 Å². The van der Waals surface area contributed by atoms with E-state index in [9.17, 15) is 0 Å². The van der Waals surface area contributed by atoms with E-state index in [4.69, 9.17) is 9.94 Å². The molecular weight excluding hydrogens is 242 g/mol. The Morgan fingerprint density at radius 1 is 1.26 bits per heavy atom. The molecule has 5 nitrogen and oxygen atoms in total. The van der Waals surface area contributed by atoms with Crippen molar-refractivity contribution in [1.29, 1.82) is 0 Å². The number of nitrogens with zero attached hydrogens (tertiary/aromatic N) is 2. The molecule has 2 aliphatic heterocycles. The van der Waals surface area contributed by atoms with Gasteiger partial charge in [-0.1, -0.05) is 0 Å². The van der Waals surface area contributed by atoms with Crippen molar-refractivity contribution >= 4 is 11.4 Å². The molecule has 5 heteroatoms. The van der Waals surface area contributed by atoms with Gasteiger partial charge in [-0.05, 0) is 18.6 Å². The number of aliphatic hydroxyl groups is 1. The molecule has 2 atom stereocenters. The van der Waals surface area contributed by atoms with E-state index >= 15 is 0 Å². The first-order chi connectivity index (χ1) is 9.31. The van der Waals surface area contributed by atoms with Crippen LogP contribution in [-0.4, -0.2) is 55.4 Å². The average Bonchev–Trinajstić information content (AvgIpc) is 3.00. The number of β-amino-alcohol motifs (C(OH)–C–C–N with tert-alkyl or cyclic N) is 1. The van der Waals surface area contributed by atoms with Gasteiger partial charge in [-0.2, -0.15) is 5.48 Å². The Morgan fingerprint density at radius 2 is 2.05 bits per heavy atom. The minimum atomic E-state index is 0.269. The van der Waals surface area contributed by atoms with Crippen LogP contribution in [-0.2, 0) is 4.84 Å². The molecule has 2 fully saturated rings. The van der Waals surface area contributed by atoms with Crippen LogP contribution in [0.1, 0.15) is 6.42 Å². The third-order valence-corrected chi connectivity index (χ3v) is 4.22. The minimum absolute atomic E-state index is 0.269. The summed E-state index contributed by atoms with van der Waals surface area (Å²) in [6.45, 7) is 3.25. The zero-order valence-electron chi connectivity index (χ0n) is 11.3. The largest absolute Gasteiger partial charge is 0.395 e. The van der Waals surface area contributed by atoms with E-state index in [-0.39, 0.29) is 6.61 Å². The highest BCUT2D eigenvalue weighted by molar-refractivity contribution is 5.53. The fourth-order valence-electron chi connectivity index (χ4n) is 3.35. The van der Waals surface area contributed by atoms with Crippen LogP contribution in [0.2, 0.25) is 0 Å². The molecule has 2 saturated heterocycles. The Morgan fingerprint density at radius 3 is 2.63 bits per heavy atom. The number of fused-ring (bicyclic) bond motifs is 2. The Bertz CT molecular complexity index is 423. The lowest BCUT2D eigenvalue weighted by atomic mass is 10.2. The predicted octanol–water partition coefficient (Wildman–Crippen LogP) is -0.302. The van der Waals surface area contributed by atoms with Crippen molar-refractivity contribution in [1.82, 2.24) is 4.90 Å². The summed E-state index contributed by atoms with van der Waals surface area (Å²) in [6.07, 6.45) is 1.23. The second-order valence-corrected chi connectivity index (χ2v) is 5.36. The summed E-state index contributed by atoms with van der Waals surface area (Å²) in [6, 6.07) is 9.74. The van der Waals surface area contributed by atoms with Gasteiger partial charge in [-0.25, -0.2) is 4.84 Å². The highest BCUT2D eigenvalue weighted by Gasteiger charge is 2.42. The summed E-state index contributed by atoms with van der Waals surface area (Å²) < 4.78 is 0. The van der Waals surface area contributed by atoms with Gasteiger partial charge in [0.05, 0.1) is 13.7 Å². The van der Waals surface area contributed by atoms with Gasteiger partial charge < -0.3 is 10.0 Å². The van der Waals surface area contributed by atoms with E-state index < -0.39 is 0 Å². The van der Waals surface area contributed by atoms with E-state index in [1.165, 1.54) is 12.1 Å². The summed E-state index contributed by atoms with van der Waals surface area (Å²) in [5.74, 6) is 0. The van der Waals surface area contributed by atoms with Gasteiger partial charge in [-0.3, -0.25) is 4.90 Å². The van der Waals surface area contributed by atoms with Crippen LogP contribution in [0.25, 0.3) is 0 Å². The molecule has 0 radical (unpaired) electrons. The molecule has 2 unspecified atom stereocenters. The first kappa shape index (κ1) is 12.9. The lowest BCUT2D eigenvalue weighted by Crippen LogP contribution is -2.75. The van der Waals surface area contributed by atoms with Crippen molar-refractivity contribution in [3.05, 3.63) is 24.3 Å². The van der Waals surface area contributed by atoms with Crippen LogP contribution in [0.4, 0.5) is 11.4 Å². The molecule has 104 valence electrons. The van der Waals surface area contributed by atoms with Crippen LogP contribution in [0.15, 0.2) is 24.3 Å². The van der Waals surface area contributed by atoms with Crippen LogP contribution >= 0.6 is 0 Å². The zero-order chi connectivity index (χ0) is 13.2. The second-order valence-electron chi connectivity index (χ2n) is 5.36. The zero-order valence-corrected chi connectivity index (χ0v) is 11.3. The SMILES string of the molecule is CO[NH2+]c1ccc(N2CC3CC2CN3CCO)cc1. The Balaban J connectivity index is 1.66. The van der Waals surface area contributed by atoms with Gasteiger partial charge >= 0.3 is 0 Å². The third-order valence-electron chi connectivity index (χ3n) is 4.22. The van der Waals surface area contributed by atoms with Crippen molar-refractivity contribution < 1.29 is 15.4 Å². The molecule has 3 N–H and O–H groups in total. The molecule has 0 amide bonds. The monoisotopic (exact) mass is 264 g/mol. The number of nitrogens with two attached hydrogens (primary N) is 1. The molecule has 0 spiro atoms. The topological polar surface area (TPSA) is 52.5 Å². The highest BCUT2D eigenvalue weighted by Crippen LogP contribution is 2.34. The maximum Gasteiger partial charge on any atom is 0.162 e. The molecule has 2 bridgehead atoms. The average molecular weight is 264 g/mol. The van der Waals surface area contributed by atoms with Crippen LogP contribution in [0.3, 0.4) is 0 Å². The third kappa shape index (κ3) is 2.47. The Hall–Kier alpha value is -1.14. The Labute approximate surface area is 113 Å². The van der Waals surface area contributed by atoms with Crippen LogP contribution < -0.4 is 10.4 Å². The maximum absolute atomic E-state index is 9.05. The number of benzene rings is 1. The number of aliphatic hydroxyl groups excluding tert-OH is 1. The van der Waals surface area contributed by atoms with Gasteiger partial charge in [0.25, 0.3) is 0 Å². The number of hydrogen-bond donors (Lipinski definition) is 2. The molecule has 0 saturated carbocycles. The summed E-state index contributed by atoms with van der Waals surface area (Å²) in [5.41, 5.74) is 4.14. The number of likely N-dealkylation sites (tertiary alicyclic amines) is 1. The number of rotatable bonds is 5. The van der Waals surface area contributed by atoms with Crippen molar-refractivity contribution in [2.45, 2.75) is 18.5 Å². The van der Waals surface area contributed by atoms with E-state index in [0.717, 1.165) is 25.3 Å². The van der Waals surface area contributed by atoms with Crippen molar-refractivity contribution in [3.63, 3.8) is 0 Å². The molecular formula is C14H22N3O2+. The van der Waals surface area contributed by atoms with Crippen LogP contribution in [0.5, 0.6) is 0 Å². The smallest absolute Gasteiger partial charge is 0.162 e. The number of anilines is 1. The quantitative estimate of drug-likeness (QED) is 0.566. The molecule has 1 aromatic rings. The molecule has 3 rings (SSSR count). The minimum Gasteiger partial charge on any atom is -0.395 e. The van der Waals surface area contributed by atoms with E-state index in [1.54, 1.807) is 12.6 Å². The first-order valence-electron chi connectivity index (χ1n) is 6.89. The van der Waals surface area contributed by atoms with Crippen LogP contribution in [0, 0.1) is 0 Å². The highest BCUT2D eigenvalue weighted by atomic mass is 16.6. The van der Waals surface area contributed by atoms with Crippen molar-refractivity contribution in [2.75, 3.05) is 38.3 Å². The maximum atomic E-state index is 9.05. The molecule has 2 aliphatic rings. The molecule has 0 aliphatic carbocycles. The van der Waals surface area contributed by atoms with Gasteiger partial charge in [0.1, 0.15) is 0 Å². The lowest BCUT2D eigenvalue weighted by Gasteiger charge is -2.35. The second kappa shape index (κ2) is 5.46. The van der Waals surface area contributed by atoms with Crippen molar-refractivity contribution in [2.24, 2.45) is 0 Å². The Kier molecular flexibility index (Phi) is 3.70. The predicted molar refractivity (Wildman–Crippen MR) is 73.2 cm³/mol. The standard InChI is InChI=1S/C14H21N3O2/c1-19-15-11-2-4-12(5-3-11)17-10-13-8-14(17)9-16(13)6-7-18/h2-5,13-15,18H,6-10H2,1H3/p+1.